The van der Waals surface area contributed by atoms with Crippen molar-refractivity contribution in [2.75, 3.05) is 13.1 Å². The van der Waals surface area contributed by atoms with Crippen LogP contribution in [-0.4, -0.2) is 19.2 Å². The van der Waals surface area contributed by atoms with Crippen LogP contribution in [0.4, 0.5) is 4.39 Å². The predicted octanol–water partition coefficient (Wildman–Crippen LogP) is 1.99. The molecule has 0 aromatic heterocycles. The van der Waals surface area contributed by atoms with Crippen molar-refractivity contribution in [1.82, 2.24) is 5.32 Å². The Kier molecular flexibility index (Phi) is 4.17. The molecule has 2 rings (SSSR count). The van der Waals surface area contributed by atoms with Gasteiger partial charge in [-0.1, -0.05) is 0 Å². The molecule has 1 heterocycles. The zero-order valence-electron chi connectivity index (χ0n) is 7.70. The molecule has 1 atom stereocenters. The molecular weight excluding hydrogens is 205 g/mol. The van der Waals surface area contributed by atoms with Crippen molar-refractivity contribution >= 4 is 12.4 Å². The van der Waals surface area contributed by atoms with Crippen LogP contribution in [0, 0.1) is 5.82 Å². The van der Waals surface area contributed by atoms with Crippen LogP contribution in [0.15, 0.2) is 24.3 Å². The Labute approximate surface area is 88.9 Å². The lowest BCUT2D eigenvalue weighted by molar-refractivity contribution is 0.223. The molecule has 0 aliphatic carbocycles. The van der Waals surface area contributed by atoms with Crippen molar-refractivity contribution < 1.29 is 9.13 Å². The molecule has 1 aliphatic rings. The Morgan fingerprint density at radius 2 is 2.00 bits per heavy atom. The fraction of sp³-hybridized carbons (Fsp3) is 0.400. The normalized spacial score (nSPS) is 20.2. The van der Waals surface area contributed by atoms with E-state index >= 15 is 0 Å². The van der Waals surface area contributed by atoms with Gasteiger partial charge in [0.25, 0.3) is 0 Å². The number of benzene rings is 1. The summed E-state index contributed by atoms with van der Waals surface area (Å²) in [5, 5.41) is 3.20. The minimum atomic E-state index is -0.225. The van der Waals surface area contributed by atoms with Crippen LogP contribution in [0.3, 0.4) is 0 Å². The highest BCUT2D eigenvalue weighted by molar-refractivity contribution is 5.85. The van der Waals surface area contributed by atoms with E-state index in [0.29, 0.717) is 0 Å². The zero-order valence-corrected chi connectivity index (χ0v) is 8.52. The van der Waals surface area contributed by atoms with Gasteiger partial charge in [-0.05, 0) is 37.2 Å². The number of halogens is 2. The van der Waals surface area contributed by atoms with Crippen LogP contribution in [0.1, 0.15) is 6.42 Å². The summed E-state index contributed by atoms with van der Waals surface area (Å²) in [6.45, 7) is 1.89. The maximum Gasteiger partial charge on any atom is 0.123 e. The molecule has 1 saturated heterocycles. The van der Waals surface area contributed by atoms with Crippen molar-refractivity contribution in [3.05, 3.63) is 30.1 Å². The molecule has 4 heteroatoms. The van der Waals surface area contributed by atoms with Crippen LogP contribution in [0.5, 0.6) is 5.75 Å². The van der Waals surface area contributed by atoms with Gasteiger partial charge < -0.3 is 10.1 Å². The fourth-order valence-corrected chi connectivity index (χ4v) is 1.43. The van der Waals surface area contributed by atoms with E-state index in [-0.39, 0.29) is 24.3 Å². The molecular formula is C10H13ClFNO. The average Bonchev–Trinajstić information content (AvgIpc) is 2.62. The molecule has 14 heavy (non-hydrogen) atoms. The van der Waals surface area contributed by atoms with E-state index in [4.69, 9.17) is 4.74 Å². The van der Waals surface area contributed by atoms with Gasteiger partial charge in [-0.2, -0.15) is 0 Å². The van der Waals surface area contributed by atoms with E-state index in [1.165, 1.54) is 12.1 Å². The summed E-state index contributed by atoms with van der Waals surface area (Å²) in [4.78, 5) is 0. The van der Waals surface area contributed by atoms with E-state index in [0.717, 1.165) is 25.3 Å². The van der Waals surface area contributed by atoms with Gasteiger partial charge in [0.05, 0.1) is 0 Å². The van der Waals surface area contributed by atoms with Gasteiger partial charge in [-0.3, -0.25) is 0 Å². The Morgan fingerprint density at radius 3 is 2.57 bits per heavy atom. The summed E-state index contributed by atoms with van der Waals surface area (Å²) in [5.41, 5.74) is 0. The van der Waals surface area contributed by atoms with Gasteiger partial charge in [0.15, 0.2) is 0 Å². The summed E-state index contributed by atoms with van der Waals surface area (Å²) in [6, 6.07) is 6.15. The average molecular weight is 218 g/mol. The van der Waals surface area contributed by atoms with Crippen molar-refractivity contribution in [2.24, 2.45) is 0 Å². The number of hydrogen-bond acceptors (Lipinski definition) is 2. The summed E-state index contributed by atoms with van der Waals surface area (Å²) in [6.07, 6.45) is 1.27. The third-order valence-electron chi connectivity index (χ3n) is 2.13. The molecule has 78 valence electrons. The molecule has 1 N–H and O–H groups in total. The minimum Gasteiger partial charge on any atom is -0.489 e. The second-order valence-corrected chi connectivity index (χ2v) is 3.19. The Balaban J connectivity index is 0.000000980. The molecule has 0 amide bonds. The van der Waals surface area contributed by atoms with Crippen molar-refractivity contribution in [3.8, 4) is 5.75 Å². The molecule has 2 nitrogen and oxygen atoms in total. The third-order valence-corrected chi connectivity index (χ3v) is 2.13. The summed E-state index contributed by atoms with van der Waals surface area (Å²) >= 11 is 0. The van der Waals surface area contributed by atoms with Crippen LogP contribution in [0.2, 0.25) is 0 Å². The van der Waals surface area contributed by atoms with Crippen LogP contribution in [0.25, 0.3) is 0 Å². The Morgan fingerprint density at radius 1 is 1.29 bits per heavy atom. The maximum atomic E-state index is 12.5. The first-order valence-electron chi connectivity index (χ1n) is 4.47. The Hall–Kier alpha value is -0.800. The van der Waals surface area contributed by atoms with E-state index in [2.05, 4.69) is 5.32 Å². The molecule has 0 spiro atoms. The third kappa shape index (κ3) is 2.86. The summed E-state index contributed by atoms with van der Waals surface area (Å²) in [7, 11) is 0. The smallest absolute Gasteiger partial charge is 0.123 e. The van der Waals surface area contributed by atoms with Crippen molar-refractivity contribution in [3.63, 3.8) is 0 Å². The van der Waals surface area contributed by atoms with Gasteiger partial charge in [-0.15, -0.1) is 12.4 Å². The lowest BCUT2D eigenvalue weighted by Crippen LogP contribution is -2.19. The highest BCUT2D eigenvalue weighted by Crippen LogP contribution is 2.15. The first-order chi connectivity index (χ1) is 6.34. The second kappa shape index (κ2) is 5.17. The zero-order chi connectivity index (χ0) is 9.10. The van der Waals surface area contributed by atoms with Gasteiger partial charge in [0.2, 0.25) is 0 Å². The topological polar surface area (TPSA) is 21.3 Å². The largest absolute Gasteiger partial charge is 0.489 e. The first kappa shape index (κ1) is 11.3. The summed E-state index contributed by atoms with van der Waals surface area (Å²) in [5.74, 6) is 0.520. The maximum absolute atomic E-state index is 12.5. The second-order valence-electron chi connectivity index (χ2n) is 3.19. The van der Waals surface area contributed by atoms with Gasteiger partial charge in [-0.25, -0.2) is 4.39 Å². The molecule has 1 aliphatic heterocycles. The first-order valence-corrected chi connectivity index (χ1v) is 4.47. The van der Waals surface area contributed by atoms with Crippen LogP contribution < -0.4 is 10.1 Å². The molecule has 0 radical (unpaired) electrons. The fourth-order valence-electron chi connectivity index (χ4n) is 1.43. The lowest BCUT2D eigenvalue weighted by Gasteiger charge is -2.11. The van der Waals surface area contributed by atoms with Gasteiger partial charge in [0, 0.05) is 6.54 Å². The Bertz CT molecular complexity index is 272. The van der Waals surface area contributed by atoms with E-state index in [1.807, 2.05) is 0 Å². The highest BCUT2D eigenvalue weighted by atomic mass is 35.5. The molecule has 1 fully saturated rings. The van der Waals surface area contributed by atoms with Crippen LogP contribution >= 0.6 is 12.4 Å². The summed E-state index contributed by atoms with van der Waals surface area (Å²) < 4.78 is 18.1. The van der Waals surface area contributed by atoms with E-state index in [9.17, 15) is 4.39 Å². The standard InChI is InChI=1S/C10H12FNO.ClH/c11-8-1-3-9(4-2-8)13-10-5-6-12-7-10;/h1-4,10,12H,5-7H2;1H/t10-;/m0./s1. The monoisotopic (exact) mass is 217 g/mol. The highest BCUT2D eigenvalue weighted by Gasteiger charge is 2.15. The molecule has 1 aromatic rings. The van der Waals surface area contributed by atoms with E-state index in [1.54, 1.807) is 12.1 Å². The quantitative estimate of drug-likeness (QED) is 0.818. The molecule has 0 unspecified atom stereocenters. The number of hydrogen-bond donors (Lipinski definition) is 1. The predicted molar refractivity (Wildman–Crippen MR) is 55.6 cm³/mol. The number of ether oxygens (including phenoxy) is 1. The lowest BCUT2D eigenvalue weighted by atomic mass is 10.3. The van der Waals surface area contributed by atoms with Crippen molar-refractivity contribution in [2.45, 2.75) is 12.5 Å². The molecule has 1 aromatic carbocycles. The van der Waals surface area contributed by atoms with Crippen molar-refractivity contribution in [1.29, 1.82) is 0 Å². The number of nitrogens with one attached hydrogen (secondary N) is 1. The molecule has 0 bridgehead atoms. The van der Waals surface area contributed by atoms with Crippen LogP contribution in [-0.2, 0) is 0 Å². The SMILES string of the molecule is Cl.Fc1ccc(O[C@H]2CCNC2)cc1. The minimum absolute atomic E-state index is 0. The number of rotatable bonds is 2. The van der Waals surface area contributed by atoms with Gasteiger partial charge >= 0.3 is 0 Å². The van der Waals surface area contributed by atoms with E-state index < -0.39 is 0 Å². The molecule has 0 saturated carbocycles. The van der Waals surface area contributed by atoms with Gasteiger partial charge in [0.1, 0.15) is 17.7 Å².